The van der Waals surface area contributed by atoms with Gasteiger partial charge < -0.3 is 123 Å². The number of unbranched alkanes of at least 4 members (excludes halogenated alkanes) is 1. The van der Waals surface area contributed by atoms with E-state index in [-0.39, 0.29) is 113 Å². The number of nitrogens with one attached hydrogen (secondary N) is 10. The topological polar surface area (TPSA) is 617 Å². The number of hydrogen-bond acceptors (Lipinski definition) is 20. The number of aromatic hydroxyl groups is 3. The minimum absolute atomic E-state index is 0.00569. The molecule has 35 nitrogen and oxygen atoms in total. The number of aromatic amines is 1. The van der Waals surface area contributed by atoms with Crippen LogP contribution in [0.3, 0.4) is 0 Å². The number of aliphatic hydroxyl groups excluding tert-OH is 3. The van der Waals surface area contributed by atoms with Crippen molar-refractivity contribution in [2.75, 3.05) is 39.5 Å². The lowest BCUT2D eigenvalue weighted by molar-refractivity contribution is -0.142. The molecule has 5 aromatic rings. The van der Waals surface area contributed by atoms with Crippen molar-refractivity contribution in [3.05, 3.63) is 126 Å². The number of aliphatic imine (C=N–C) groups is 2. The first-order valence-electron chi connectivity index (χ1n) is 32.0. The summed E-state index contributed by atoms with van der Waals surface area (Å²) in [5.74, 6) is -11.6. The van der Waals surface area contributed by atoms with Gasteiger partial charge in [-0.05, 0) is 123 Å². The Hall–Kier alpha value is -11.1. The third kappa shape index (κ3) is 26.4. The number of phenols is 3. The van der Waals surface area contributed by atoms with Crippen molar-refractivity contribution in [2.45, 2.75) is 131 Å². The quantitative estimate of drug-likeness (QED) is 0.00985. The largest absolute Gasteiger partial charge is 0.508 e. The van der Waals surface area contributed by atoms with Crippen LogP contribution in [-0.2, 0) is 73.6 Å². The minimum atomic E-state index is -1.92. The molecule has 0 saturated heterocycles. The van der Waals surface area contributed by atoms with Crippen LogP contribution in [0, 0.1) is 0 Å². The number of H-pyrrole nitrogens is 1. The van der Waals surface area contributed by atoms with E-state index in [0.717, 1.165) is 0 Å². The highest BCUT2D eigenvalue weighted by Gasteiger charge is 2.36. The number of para-hydroxylation sites is 1. The summed E-state index contributed by atoms with van der Waals surface area (Å²) in [6, 6.07) is 7.78. The molecule has 4 aromatic carbocycles. The normalized spacial score (nSPS) is 14.1. The Morgan fingerprint density at radius 3 is 1.13 bits per heavy atom. The summed E-state index contributed by atoms with van der Waals surface area (Å²) in [7, 11) is 0. The average Bonchev–Trinajstić information content (AvgIpc) is 1.65. The summed E-state index contributed by atoms with van der Waals surface area (Å²) in [6.45, 7) is -3.22. The zero-order valence-electron chi connectivity index (χ0n) is 54.7. The Morgan fingerprint density at radius 1 is 0.400 bits per heavy atom. The zero-order valence-corrected chi connectivity index (χ0v) is 54.7. The summed E-state index contributed by atoms with van der Waals surface area (Å²) in [4.78, 5) is 150. The van der Waals surface area contributed by atoms with Gasteiger partial charge in [0.05, 0.1) is 25.9 Å². The number of fused-ring (bicyclic) bond motifs is 1. The van der Waals surface area contributed by atoms with Crippen LogP contribution in [0.15, 0.2) is 113 Å². The molecule has 542 valence electrons. The SMILES string of the molecule is NCCCC[C@H](NC(=O)[C@H](CCCN=C(N)N)NC(=O)[C@H](CO)NC(=O)[C@H](CCCN=C(N)N)NC(=O)[C@@H](N)Cc1ccc(O)cc1)C(=O)N[C@@H](Cc1ccc(O)cc1)C(=O)N[C@@H](CO)C(=O)N[C@@H](CO)C(=O)N[C@@H](Cc1c[nH]c2ccccc12)C(=O)N[C@@H](Cc1ccc(O)cc1)C(=O)O. The van der Waals surface area contributed by atoms with Crippen LogP contribution >= 0.6 is 0 Å². The predicted octanol–water partition coefficient (Wildman–Crippen LogP) is -5.46. The molecule has 0 saturated carbocycles. The van der Waals surface area contributed by atoms with Gasteiger partial charge >= 0.3 is 5.97 Å². The number of aliphatic carboxylic acids is 1. The van der Waals surface area contributed by atoms with E-state index in [1.54, 1.807) is 42.6 Å². The second-order valence-corrected chi connectivity index (χ2v) is 23.4. The number of guanidine groups is 2. The van der Waals surface area contributed by atoms with E-state index in [9.17, 15) is 83.7 Å². The number of rotatable bonds is 42. The molecule has 0 bridgehead atoms. The van der Waals surface area contributed by atoms with Gasteiger partial charge in [0.2, 0.25) is 53.2 Å². The standard InChI is InChI=1S/C65H90N18O17/c66-24-4-3-9-45(76-55(91)47(11-6-26-73-65(70)71)77-60(96)51(32-84)81-57(93)46(10-5-25-72-64(68)69)75-54(90)43(67)27-35-12-18-39(87)19-13-35)56(92)78-48(28-36-14-20-40(88)21-15-36)58(94)82-53(34-86)62(98)83-52(33-85)61(97)79-49(30-38-31-74-44-8-2-1-7-42(38)44)59(95)80-50(63(99)100)29-37-16-22-41(89)23-17-37/h1-2,7-8,12-23,31,43,45-53,74,84-89H,3-6,9-11,24-30,32-34,66-67H2,(H,75,90)(H,76,91)(H,77,96)(H,78,92)(H,79,97)(H,80,95)(H,81,93)(H,82,94)(H,83,98)(H,99,100)(H4,68,69,72)(H4,70,71,73)/t43-,45-,46-,47-,48-,49-,50-,51-,52-,53-/m0/s1. The number of carboxylic acid groups (broad SMARTS) is 1. The zero-order chi connectivity index (χ0) is 73.4. The van der Waals surface area contributed by atoms with Crippen molar-refractivity contribution >= 4 is 82.0 Å². The maximum atomic E-state index is 14.6. The molecule has 1 heterocycles. The maximum absolute atomic E-state index is 14.6. The molecule has 100 heavy (non-hydrogen) atoms. The van der Waals surface area contributed by atoms with Gasteiger partial charge in [-0.3, -0.25) is 53.1 Å². The van der Waals surface area contributed by atoms with E-state index >= 15 is 0 Å². The van der Waals surface area contributed by atoms with Gasteiger partial charge in [-0.1, -0.05) is 54.6 Å². The first-order valence-corrected chi connectivity index (χ1v) is 32.0. The highest BCUT2D eigenvalue weighted by atomic mass is 16.4. The molecule has 0 unspecified atom stereocenters. The van der Waals surface area contributed by atoms with Crippen LogP contribution < -0.4 is 82.3 Å². The number of hydrogen-bond donors (Lipinski definition) is 23. The summed E-state index contributed by atoms with van der Waals surface area (Å²) >= 11 is 0. The van der Waals surface area contributed by atoms with Gasteiger partial charge in [0, 0.05) is 49.5 Å². The number of aromatic nitrogens is 1. The number of nitrogens with zero attached hydrogens (tertiary/aromatic N) is 2. The number of nitrogens with two attached hydrogens (primary N) is 6. The smallest absolute Gasteiger partial charge is 0.326 e. The third-order valence-corrected chi connectivity index (χ3v) is 15.6. The molecule has 0 spiro atoms. The molecule has 10 atom stereocenters. The highest BCUT2D eigenvalue weighted by Crippen LogP contribution is 2.21. The fourth-order valence-corrected chi connectivity index (χ4v) is 10.2. The predicted molar refractivity (Wildman–Crippen MR) is 364 cm³/mol. The molecule has 9 amide bonds. The van der Waals surface area contributed by atoms with Crippen molar-refractivity contribution < 1.29 is 83.7 Å². The highest BCUT2D eigenvalue weighted by molar-refractivity contribution is 5.99. The summed E-state index contributed by atoms with van der Waals surface area (Å²) in [5, 5.41) is 94.0. The van der Waals surface area contributed by atoms with Gasteiger partial charge in [0.25, 0.3) is 0 Å². The first kappa shape index (κ1) is 79.5. The third-order valence-electron chi connectivity index (χ3n) is 15.6. The van der Waals surface area contributed by atoms with Crippen LogP contribution in [0.5, 0.6) is 17.2 Å². The van der Waals surface area contributed by atoms with E-state index in [4.69, 9.17) is 34.4 Å². The Labute approximate surface area is 574 Å². The fraction of sp³-hybridized carbons (Fsp3) is 0.415. The van der Waals surface area contributed by atoms with Crippen molar-refractivity contribution in [1.82, 2.24) is 52.8 Å². The van der Waals surface area contributed by atoms with Crippen molar-refractivity contribution in [3.8, 4) is 17.2 Å². The van der Waals surface area contributed by atoms with E-state index in [2.05, 4.69) is 62.8 Å². The molecule has 0 aliphatic rings. The lowest BCUT2D eigenvalue weighted by atomic mass is 10.0. The van der Waals surface area contributed by atoms with Crippen LogP contribution in [0.4, 0.5) is 0 Å². The molecule has 35 heteroatoms. The summed E-state index contributed by atoms with van der Waals surface area (Å²) in [5.41, 5.74) is 36.5. The lowest BCUT2D eigenvalue weighted by Gasteiger charge is -2.28. The number of amides is 9. The average molecular weight is 1400 g/mol. The van der Waals surface area contributed by atoms with E-state index in [0.29, 0.717) is 39.6 Å². The monoisotopic (exact) mass is 1390 g/mol. The van der Waals surface area contributed by atoms with Gasteiger partial charge in [-0.25, -0.2) is 4.79 Å². The van der Waals surface area contributed by atoms with E-state index < -0.39 is 139 Å². The van der Waals surface area contributed by atoms with Crippen LogP contribution in [0.25, 0.3) is 10.9 Å². The van der Waals surface area contributed by atoms with Crippen LogP contribution in [0.2, 0.25) is 0 Å². The Bertz CT molecular complexity index is 3610. The molecule has 29 N–H and O–H groups in total. The number of benzene rings is 4. The number of phenolic OH excluding ortho intramolecular Hbond substituents is 3. The molecule has 0 aliphatic carbocycles. The fourth-order valence-electron chi connectivity index (χ4n) is 10.2. The second kappa shape index (κ2) is 40.5. The molecule has 0 fully saturated rings. The van der Waals surface area contributed by atoms with Gasteiger partial charge in [-0.2, -0.15) is 0 Å². The first-order chi connectivity index (χ1) is 47.7. The summed E-state index contributed by atoms with van der Waals surface area (Å²) < 4.78 is 0. The molecule has 0 aliphatic heterocycles. The van der Waals surface area contributed by atoms with E-state index in [1.165, 1.54) is 60.7 Å². The minimum Gasteiger partial charge on any atom is -0.508 e. The van der Waals surface area contributed by atoms with Crippen LogP contribution in [0.1, 0.15) is 67.2 Å². The molecule has 5 rings (SSSR count). The van der Waals surface area contributed by atoms with Gasteiger partial charge in [0.1, 0.15) is 71.6 Å². The van der Waals surface area contributed by atoms with Crippen molar-refractivity contribution in [3.63, 3.8) is 0 Å². The number of carbonyl (C=O) groups is 10. The number of aliphatic hydroxyl groups is 3. The van der Waals surface area contributed by atoms with Gasteiger partial charge in [0.15, 0.2) is 11.9 Å². The van der Waals surface area contributed by atoms with Crippen molar-refractivity contribution in [1.29, 1.82) is 0 Å². The number of carbonyl (C=O) groups excluding carboxylic acids is 9. The second-order valence-electron chi connectivity index (χ2n) is 23.4. The van der Waals surface area contributed by atoms with Crippen molar-refractivity contribution in [2.24, 2.45) is 44.4 Å². The maximum Gasteiger partial charge on any atom is 0.326 e. The summed E-state index contributed by atoms with van der Waals surface area (Å²) in [6.07, 6.45) is 0.899. The Balaban J connectivity index is 1.35. The Morgan fingerprint density at radius 2 is 0.730 bits per heavy atom. The lowest BCUT2D eigenvalue weighted by Crippen LogP contribution is -2.62. The Kier molecular flexibility index (Phi) is 32.3. The molecular weight excluding hydrogens is 1300 g/mol. The van der Waals surface area contributed by atoms with Crippen LogP contribution in [-0.4, -0.2) is 212 Å². The van der Waals surface area contributed by atoms with Gasteiger partial charge in [-0.15, -0.1) is 0 Å². The molecule has 0 radical (unpaired) electrons. The van der Waals surface area contributed by atoms with E-state index in [1.807, 2.05) is 0 Å². The molecular formula is C65H90N18O17. The molecule has 1 aromatic heterocycles. The number of carboxylic acids is 1.